The molecule has 0 aliphatic rings. The maximum atomic E-state index is 10.9. The Morgan fingerprint density at radius 2 is 2.09 bits per heavy atom. The van der Waals surface area contributed by atoms with Gasteiger partial charge in [0.05, 0.1) is 7.11 Å². The molecular formula is C8H16O3. The molecule has 0 bridgehead atoms. The summed E-state index contributed by atoms with van der Waals surface area (Å²) in [4.78, 5) is 10.9. The van der Waals surface area contributed by atoms with Crippen LogP contribution in [0.5, 0.6) is 0 Å². The number of carbonyl (C=O) groups excluding carboxylic acids is 1. The minimum absolute atomic E-state index is 0.277. The van der Waals surface area contributed by atoms with Crippen LogP contribution in [-0.4, -0.2) is 26.3 Å². The zero-order valence-corrected chi connectivity index (χ0v) is 7.42. The highest BCUT2D eigenvalue weighted by atomic mass is 16.6. The molecule has 0 aliphatic heterocycles. The zero-order valence-electron chi connectivity index (χ0n) is 7.42. The van der Waals surface area contributed by atoms with Crippen molar-refractivity contribution in [2.75, 3.05) is 14.2 Å². The molecule has 0 rings (SSSR count). The summed E-state index contributed by atoms with van der Waals surface area (Å²) in [5, 5.41) is 0. The highest BCUT2D eigenvalue weighted by molar-refractivity contribution is 5.74. The van der Waals surface area contributed by atoms with Crippen LogP contribution in [0.3, 0.4) is 0 Å². The molecule has 1 atom stereocenters. The van der Waals surface area contributed by atoms with Gasteiger partial charge in [0, 0.05) is 7.11 Å². The van der Waals surface area contributed by atoms with Crippen molar-refractivity contribution in [1.29, 1.82) is 0 Å². The van der Waals surface area contributed by atoms with Crippen LogP contribution in [0.4, 0.5) is 0 Å². The van der Waals surface area contributed by atoms with E-state index in [9.17, 15) is 4.79 Å². The van der Waals surface area contributed by atoms with Crippen molar-refractivity contribution < 1.29 is 14.3 Å². The Labute approximate surface area is 67.7 Å². The summed E-state index contributed by atoms with van der Waals surface area (Å²) in [5.74, 6) is -0.277. The fraction of sp³-hybridized carbons (Fsp3) is 0.875. The normalized spacial score (nSPS) is 12.6. The van der Waals surface area contributed by atoms with Crippen molar-refractivity contribution in [2.45, 2.75) is 32.3 Å². The summed E-state index contributed by atoms with van der Waals surface area (Å²) in [5.41, 5.74) is 0. The van der Waals surface area contributed by atoms with Crippen LogP contribution < -0.4 is 0 Å². The van der Waals surface area contributed by atoms with E-state index >= 15 is 0 Å². The number of esters is 1. The van der Waals surface area contributed by atoms with Crippen LogP contribution in [0.15, 0.2) is 0 Å². The number of methoxy groups -OCH3 is 2. The monoisotopic (exact) mass is 160 g/mol. The molecule has 0 amide bonds. The highest BCUT2D eigenvalue weighted by Crippen LogP contribution is 2.04. The lowest BCUT2D eigenvalue weighted by Gasteiger charge is -2.11. The van der Waals surface area contributed by atoms with Gasteiger partial charge in [0.15, 0.2) is 6.10 Å². The first-order valence-corrected chi connectivity index (χ1v) is 3.86. The molecule has 0 aromatic heterocycles. The van der Waals surface area contributed by atoms with Crippen molar-refractivity contribution in [2.24, 2.45) is 0 Å². The summed E-state index contributed by atoms with van der Waals surface area (Å²) >= 11 is 0. The molecule has 0 radical (unpaired) electrons. The van der Waals surface area contributed by atoms with Crippen LogP contribution >= 0.6 is 0 Å². The second-order valence-corrected chi connectivity index (χ2v) is 2.39. The summed E-state index contributed by atoms with van der Waals surface area (Å²) in [6, 6.07) is 0. The molecule has 0 aromatic carbocycles. The van der Waals surface area contributed by atoms with E-state index in [4.69, 9.17) is 4.74 Å². The number of carbonyl (C=O) groups is 1. The third-order valence-electron chi connectivity index (χ3n) is 1.57. The molecule has 0 spiro atoms. The standard InChI is InChI=1S/C8H16O3/c1-4-5-6-7(10-2)8(9)11-3/h7H,4-6H2,1-3H3. The molecule has 0 N–H and O–H groups in total. The average Bonchev–Trinajstić information content (AvgIpc) is 2.05. The third kappa shape index (κ3) is 3.98. The van der Waals surface area contributed by atoms with Crippen molar-refractivity contribution in [3.63, 3.8) is 0 Å². The summed E-state index contributed by atoms with van der Waals surface area (Å²) in [7, 11) is 2.90. The maximum Gasteiger partial charge on any atom is 0.334 e. The molecule has 3 nitrogen and oxygen atoms in total. The number of ether oxygens (including phenoxy) is 2. The van der Waals surface area contributed by atoms with Gasteiger partial charge in [0.1, 0.15) is 0 Å². The van der Waals surface area contributed by atoms with E-state index in [-0.39, 0.29) is 12.1 Å². The van der Waals surface area contributed by atoms with Crippen molar-refractivity contribution in [3.8, 4) is 0 Å². The lowest BCUT2D eigenvalue weighted by molar-refractivity contribution is -0.152. The highest BCUT2D eigenvalue weighted by Gasteiger charge is 2.16. The van der Waals surface area contributed by atoms with Gasteiger partial charge in [-0.1, -0.05) is 19.8 Å². The zero-order chi connectivity index (χ0) is 8.69. The first-order chi connectivity index (χ1) is 5.26. The largest absolute Gasteiger partial charge is 0.467 e. The van der Waals surface area contributed by atoms with E-state index in [1.54, 1.807) is 0 Å². The first-order valence-electron chi connectivity index (χ1n) is 3.86. The second kappa shape index (κ2) is 6.16. The molecule has 66 valence electrons. The van der Waals surface area contributed by atoms with Gasteiger partial charge in [0.25, 0.3) is 0 Å². The van der Waals surface area contributed by atoms with Gasteiger partial charge in [-0.3, -0.25) is 0 Å². The van der Waals surface area contributed by atoms with Crippen LogP contribution in [0.2, 0.25) is 0 Å². The quantitative estimate of drug-likeness (QED) is 0.570. The van der Waals surface area contributed by atoms with E-state index in [0.29, 0.717) is 0 Å². The Kier molecular flexibility index (Phi) is 5.84. The van der Waals surface area contributed by atoms with Crippen LogP contribution in [-0.2, 0) is 14.3 Å². The molecule has 1 unspecified atom stereocenters. The third-order valence-corrected chi connectivity index (χ3v) is 1.57. The Morgan fingerprint density at radius 1 is 1.45 bits per heavy atom. The van der Waals surface area contributed by atoms with E-state index in [0.717, 1.165) is 19.3 Å². The lowest BCUT2D eigenvalue weighted by Crippen LogP contribution is -2.23. The molecule has 11 heavy (non-hydrogen) atoms. The van der Waals surface area contributed by atoms with Gasteiger partial charge in [-0.2, -0.15) is 0 Å². The SMILES string of the molecule is CCCCC(OC)C(=O)OC. The average molecular weight is 160 g/mol. The fourth-order valence-electron chi connectivity index (χ4n) is 0.853. The summed E-state index contributed by atoms with van der Waals surface area (Å²) in [6.45, 7) is 2.07. The van der Waals surface area contributed by atoms with Gasteiger partial charge < -0.3 is 9.47 Å². The van der Waals surface area contributed by atoms with Gasteiger partial charge in [-0.05, 0) is 6.42 Å². The van der Waals surface area contributed by atoms with Crippen molar-refractivity contribution in [1.82, 2.24) is 0 Å². The predicted octanol–water partition coefficient (Wildman–Crippen LogP) is 1.36. The first kappa shape index (κ1) is 10.4. The number of hydrogen-bond acceptors (Lipinski definition) is 3. The molecule has 0 aliphatic carbocycles. The van der Waals surface area contributed by atoms with Gasteiger partial charge in [0.2, 0.25) is 0 Å². The predicted molar refractivity (Wildman–Crippen MR) is 42.3 cm³/mol. The molecule has 0 heterocycles. The Morgan fingerprint density at radius 3 is 2.45 bits per heavy atom. The van der Waals surface area contributed by atoms with Crippen molar-refractivity contribution >= 4 is 5.97 Å². The smallest absolute Gasteiger partial charge is 0.334 e. The minimum atomic E-state index is -0.375. The maximum absolute atomic E-state index is 10.9. The van der Waals surface area contributed by atoms with Crippen LogP contribution in [0.1, 0.15) is 26.2 Å². The van der Waals surface area contributed by atoms with Gasteiger partial charge >= 0.3 is 5.97 Å². The number of unbranched alkanes of at least 4 members (excludes halogenated alkanes) is 1. The number of hydrogen-bond donors (Lipinski definition) is 0. The van der Waals surface area contributed by atoms with E-state index in [1.165, 1.54) is 14.2 Å². The lowest BCUT2D eigenvalue weighted by atomic mass is 10.2. The topological polar surface area (TPSA) is 35.5 Å². The van der Waals surface area contributed by atoms with E-state index < -0.39 is 0 Å². The van der Waals surface area contributed by atoms with Crippen LogP contribution in [0, 0.1) is 0 Å². The van der Waals surface area contributed by atoms with E-state index in [2.05, 4.69) is 11.7 Å². The number of rotatable bonds is 5. The minimum Gasteiger partial charge on any atom is -0.467 e. The van der Waals surface area contributed by atoms with Crippen molar-refractivity contribution in [3.05, 3.63) is 0 Å². The Bertz CT molecular complexity index is 112. The van der Waals surface area contributed by atoms with Gasteiger partial charge in [-0.25, -0.2) is 4.79 Å². The second-order valence-electron chi connectivity index (χ2n) is 2.39. The molecule has 3 heteroatoms. The fourth-order valence-corrected chi connectivity index (χ4v) is 0.853. The molecule has 0 fully saturated rings. The summed E-state index contributed by atoms with van der Waals surface area (Å²) < 4.78 is 9.47. The Hall–Kier alpha value is -0.570. The molecule has 0 saturated carbocycles. The molecule has 0 aromatic rings. The van der Waals surface area contributed by atoms with Crippen LogP contribution in [0.25, 0.3) is 0 Å². The van der Waals surface area contributed by atoms with Gasteiger partial charge in [-0.15, -0.1) is 0 Å². The summed E-state index contributed by atoms with van der Waals surface area (Å²) in [6.07, 6.45) is 2.43. The Balaban J connectivity index is 3.65. The molecule has 0 saturated heterocycles. The molecular weight excluding hydrogens is 144 g/mol. The van der Waals surface area contributed by atoms with E-state index in [1.807, 2.05) is 0 Å².